The van der Waals surface area contributed by atoms with Gasteiger partial charge in [-0.05, 0) is 86.8 Å². The van der Waals surface area contributed by atoms with Crippen LogP contribution in [0, 0.1) is 11.8 Å². The van der Waals surface area contributed by atoms with Crippen molar-refractivity contribution in [1.29, 1.82) is 0 Å². The molecule has 8 nitrogen and oxygen atoms in total. The molecular weight excluding hydrogens is 563 g/mol. The monoisotopic (exact) mass is 593 g/mol. The van der Waals surface area contributed by atoms with Gasteiger partial charge in [-0.3, -0.25) is 0 Å². The Hall–Kier alpha value is -4.12. The molecule has 2 heterocycles. The van der Waals surface area contributed by atoms with Gasteiger partial charge in [0.15, 0.2) is 0 Å². The predicted molar refractivity (Wildman–Crippen MR) is 151 cm³/mol. The number of carboxylic acid groups (broad SMARTS) is 1. The first-order valence-corrected chi connectivity index (χ1v) is 14.6. The van der Waals surface area contributed by atoms with Gasteiger partial charge in [-0.2, -0.15) is 0 Å². The lowest BCUT2D eigenvalue weighted by atomic mass is 9.82. The van der Waals surface area contributed by atoms with Crippen molar-refractivity contribution in [2.75, 3.05) is 5.32 Å². The standard InChI is InChI=1S/C32H30F3N3O5/c33-32(34,35)42-26-7-2-1-4-23(26)29-24(30(43-38-29)17-8-9-17)16-41-20-14-18-10-11-19(15-20)28(18)37-27-13-12-21-22(31(39)40)5-3-6-25(21)36-27/h1-7,12-13,17-20,28H,8-11,14-16H2,(H,36,37)(H,39,40). The number of carboxylic acids is 1. The minimum absolute atomic E-state index is 0.00490. The van der Waals surface area contributed by atoms with Gasteiger partial charge in [0.05, 0.1) is 23.8 Å². The lowest BCUT2D eigenvalue weighted by Crippen LogP contribution is -2.39. The SMILES string of the molecule is O=C(O)c1cccc2nc(NC3C4CCC3CC(OCc3c(-c5ccccc5OC(F)(F)F)noc3C3CC3)C4)ccc12. The zero-order valence-electron chi connectivity index (χ0n) is 23.1. The molecular formula is C32H30F3N3O5. The lowest BCUT2D eigenvalue weighted by Gasteiger charge is -2.36. The molecule has 0 aliphatic heterocycles. The summed E-state index contributed by atoms with van der Waals surface area (Å²) in [5.41, 5.74) is 2.10. The number of hydrogen-bond acceptors (Lipinski definition) is 7. The number of rotatable bonds is 9. The van der Waals surface area contributed by atoms with Crippen LogP contribution in [-0.4, -0.2) is 39.7 Å². The van der Waals surface area contributed by atoms with Crippen LogP contribution in [0.1, 0.15) is 66.1 Å². The molecule has 3 aliphatic carbocycles. The number of aromatic carboxylic acids is 1. The molecule has 224 valence electrons. The quantitative estimate of drug-likeness (QED) is 0.205. The van der Waals surface area contributed by atoms with Crippen LogP contribution in [0.3, 0.4) is 0 Å². The van der Waals surface area contributed by atoms with E-state index in [0.29, 0.717) is 39.8 Å². The normalized spacial score (nSPS) is 23.4. The Morgan fingerprint density at radius 2 is 1.77 bits per heavy atom. The number of para-hydroxylation sites is 1. The second kappa shape index (κ2) is 10.9. The van der Waals surface area contributed by atoms with Gasteiger partial charge in [0.25, 0.3) is 0 Å². The summed E-state index contributed by atoms with van der Waals surface area (Å²) in [6.45, 7) is 0.200. The Labute approximate surface area is 245 Å². The first-order chi connectivity index (χ1) is 20.7. The molecule has 2 bridgehead atoms. The molecule has 0 saturated heterocycles. The largest absolute Gasteiger partial charge is 0.573 e. The summed E-state index contributed by atoms with van der Waals surface area (Å²) in [5, 5.41) is 17.9. The first kappa shape index (κ1) is 27.7. The Bertz CT molecular complexity index is 1650. The highest BCUT2D eigenvalue weighted by Gasteiger charge is 2.44. The number of nitrogens with one attached hydrogen (secondary N) is 1. The van der Waals surface area contributed by atoms with Crippen molar-refractivity contribution >= 4 is 22.7 Å². The van der Waals surface area contributed by atoms with Crippen LogP contribution < -0.4 is 10.1 Å². The summed E-state index contributed by atoms with van der Waals surface area (Å²) in [5.74, 6) is 1.05. The van der Waals surface area contributed by atoms with E-state index in [1.165, 1.54) is 12.1 Å². The third-order valence-corrected chi connectivity index (χ3v) is 8.93. The zero-order valence-corrected chi connectivity index (χ0v) is 23.1. The van der Waals surface area contributed by atoms with Crippen molar-refractivity contribution in [2.24, 2.45) is 11.8 Å². The van der Waals surface area contributed by atoms with Crippen molar-refractivity contribution in [2.45, 2.75) is 69.6 Å². The Kier molecular flexibility index (Phi) is 6.99. The second-order valence-corrected chi connectivity index (χ2v) is 11.7. The third kappa shape index (κ3) is 5.65. The van der Waals surface area contributed by atoms with Crippen molar-refractivity contribution in [3.8, 4) is 17.0 Å². The fourth-order valence-electron chi connectivity index (χ4n) is 6.85. The number of carbonyl (C=O) groups is 1. The van der Waals surface area contributed by atoms with Gasteiger partial charge in [-0.25, -0.2) is 9.78 Å². The molecule has 2 unspecified atom stereocenters. The van der Waals surface area contributed by atoms with Crippen LogP contribution >= 0.6 is 0 Å². The summed E-state index contributed by atoms with van der Waals surface area (Å²) >= 11 is 0. The maximum Gasteiger partial charge on any atom is 0.573 e. The van der Waals surface area contributed by atoms with Crippen LogP contribution in [0.2, 0.25) is 0 Å². The zero-order chi connectivity index (χ0) is 29.7. The third-order valence-electron chi connectivity index (χ3n) is 8.93. The maximum absolute atomic E-state index is 13.1. The number of aromatic nitrogens is 2. The van der Waals surface area contributed by atoms with Crippen LogP contribution in [-0.2, 0) is 11.3 Å². The smallest absolute Gasteiger partial charge is 0.478 e. The van der Waals surface area contributed by atoms with Gasteiger partial charge >= 0.3 is 12.3 Å². The minimum Gasteiger partial charge on any atom is -0.478 e. The topological polar surface area (TPSA) is 107 Å². The van der Waals surface area contributed by atoms with E-state index in [1.807, 2.05) is 12.1 Å². The molecule has 3 fully saturated rings. The molecule has 0 radical (unpaired) electrons. The van der Waals surface area contributed by atoms with E-state index in [0.717, 1.165) is 44.3 Å². The van der Waals surface area contributed by atoms with Crippen molar-refractivity contribution in [3.63, 3.8) is 0 Å². The van der Waals surface area contributed by atoms with E-state index in [9.17, 15) is 23.1 Å². The Balaban J connectivity index is 1.06. The number of ether oxygens (including phenoxy) is 2. The van der Waals surface area contributed by atoms with E-state index in [-0.39, 0.29) is 41.5 Å². The molecule has 11 heteroatoms. The molecule has 3 saturated carbocycles. The lowest BCUT2D eigenvalue weighted by molar-refractivity contribution is -0.274. The summed E-state index contributed by atoms with van der Waals surface area (Å²) in [6.07, 6.45) is 0.879. The summed E-state index contributed by atoms with van der Waals surface area (Å²) in [7, 11) is 0. The number of nitrogens with zero attached hydrogens (tertiary/aromatic N) is 2. The average molecular weight is 594 g/mol. The number of benzene rings is 2. The van der Waals surface area contributed by atoms with E-state index in [1.54, 1.807) is 30.3 Å². The summed E-state index contributed by atoms with van der Waals surface area (Å²) in [4.78, 5) is 16.3. The highest BCUT2D eigenvalue weighted by atomic mass is 19.4. The van der Waals surface area contributed by atoms with E-state index in [4.69, 9.17) is 14.2 Å². The minimum atomic E-state index is -4.83. The highest BCUT2D eigenvalue weighted by Crippen LogP contribution is 2.47. The van der Waals surface area contributed by atoms with Crippen LogP contribution in [0.5, 0.6) is 5.75 Å². The van der Waals surface area contributed by atoms with Crippen LogP contribution in [0.4, 0.5) is 19.0 Å². The molecule has 7 rings (SSSR count). The van der Waals surface area contributed by atoms with Gasteiger partial charge in [-0.1, -0.05) is 23.4 Å². The molecule has 0 amide bonds. The van der Waals surface area contributed by atoms with Gasteiger partial charge < -0.3 is 24.4 Å². The number of halogens is 3. The molecule has 4 aromatic rings. The molecule has 2 N–H and O–H groups in total. The fraction of sp³-hybridized carbons (Fsp3) is 0.406. The maximum atomic E-state index is 13.1. The summed E-state index contributed by atoms with van der Waals surface area (Å²) < 4.78 is 55.8. The van der Waals surface area contributed by atoms with Gasteiger partial charge in [-0.15, -0.1) is 13.2 Å². The molecule has 2 aromatic carbocycles. The van der Waals surface area contributed by atoms with Crippen molar-refractivity contribution < 1.29 is 37.1 Å². The number of alkyl halides is 3. The van der Waals surface area contributed by atoms with Crippen molar-refractivity contribution in [3.05, 3.63) is 71.5 Å². The number of pyridine rings is 1. The molecule has 2 aromatic heterocycles. The first-order valence-electron chi connectivity index (χ1n) is 14.6. The summed E-state index contributed by atoms with van der Waals surface area (Å²) in [6, 6.07) is 14.9. The predicted octanol–water partition coefficient (Wildman–Crippen LogP) is 7.55. The van der Waals surface area contributed by atoms with Crippen molar-refractivity contribution in [1.82, 2.24) is 10.1 Å². The Morgan fingerprint density at radius 1 is 1.00 bits per heavy atom. The average Bonchev–Trinajstić information content (AvgIpc) is 3.69. The number of fused-ring (bicyclic) bond motifs is 3. The molecule has 3 aliphatic rings. The number of anilines is 1. The van der Waals surface area contributed by atoms with Gasteiger partial charge in [0, 0.05) is 28.5 Å². The molecule has 0 spiro atoms. The van der Waals surface area contributed by atoms with Crippen LogP contribution in [0.15, 0.2) is 59.1 Å². The van der Waals surface area contributed by atoms with E-state index in [2.05, 4.69) is 15.2 Å². The Morgan fingerprint density at radius 3 is 2.49 bits per heavy atom. The highest BCUT2D eigenvalue weighted by molar-refractivity contribution is 6.02. The molecule has 43 heavy (non-hydrogen) atoms. The van der Waals surface area contributed by atoms with E-state index >= 15 is 0 Å². The van der Waals surface area contributed by atoms with E-state index < -0.39 is 12.3 Å². The fourth-order valence-corrected chi connectivity index (χ4v) is 6.85. The van der Waals surface area contributed by atoms with Gasteiger partial charge in [0.2, 0.25) is 0 Å². The van der Waals surface area contributed by atoms with Crippen LogP contribution in [0.25, 0.3) is 22.2 Å². The second-order valence-electron chi connectivity index (χ2n) is 11.7. The molecule has 2 atom stereocenters. The van der Waals surface area contributed by atoms with Gasteiger partial charge in [0.1, 0.15) is 23.0 Å². The number of hydrogen-bond donors (Lipinski definition) is 2.